The lowest BCUT2D eigenvalue weighted by molar-refractivity contribution is -0.661. The van der Waals surface area contributed by atoms with Crippen LogP contribution in [0.1, 0.15) is 199 Å². The zero-order chi connectivity index (χ0) is 102. The second-order valence-electron chi connectivity index (χ2n) is 39.9. The van der Waals surface area contributed by atoms with E-state index in [0.717, 1.165) is 169 Å². The molecule has 0 unspecified atom stereocenters. The summed E-state index contributed by atoms with van der Waals surface area (Å²) in [5.74, 6) is 0.255. The van der Waals surface area contributed by atoms with Gasteiger partial charge >= 0.3 is 0 Å². The van der Waals surface area contributed by atoms with Gasteiger partial charge in [-0.25, -0.2) is 0 Å². The lowest BCUT2D eigenvalue weighted by atomic mass is 9.88. The van der Waals surface area contributed by atoms with Crippen LogP contribution in [0.4, 0.5) is 22.0 Å². The first-order chi connectivity index (χ1) is 67.1. The monoisotopic (exact) mass is 1890 g/mol. The van der Waals surface area contributed by atoms with Crippen LogP contribution in [-0.2, 0) is 35.2 Å². The van der Waals surface area contributed by atoms with Crippen LogP contribution in [0.15, 0.2) is 298 Å². The molecule has 0 atom stereocenters. The van der Waals surface area contributed by atoms with Crippen molar-refractivity contribution in [2.24, 2.45) is 35.2 Å². The summed E-state index contributed by atoms with van der Waals surface area (Å²) >= 11 is 0. The number of benzene rings is 8. The van der Waals surface area contributed by atoms with Crippen molar-refractivity contribution in [2.45, 2.75) is 189 Å². The van der Waals surface area contributed by atoms with E-state index in [1.54, 1.807) is 44.0 Å². The number of aryl methyl sites for hydroxylation is 18. The van der Waals surface area contributed by atoms with E-state index in [-0.39, 0.29) is 41.6 Å². The van der Waals surface area contributed by atoms with Crippen LogP contribution in [0.5, 0.6) is 0 Å². The third-order valence-electron chi connectivity index (χ3n) is 26.7. The van der Waals surface area contributed by atoms with Gasteiger partial charge in [0.15, 0.2) is 60.7 Å². The van der Waals surface area contributed by atoms with Gasteiger partial charge in [-0.1, -0.05) is 233 Å². The van der Waals surface area contributed by atoms with Gasteiger partial charge < -0.3 is 0 Å². The Morgan fingerprint density at radius 1 is 0.199 bits per heavy atom. The summed E-state index contributed by atoms with van der Waals surface area (Å²) in [6.45, 7) is 48.1. The molecule has 10 aromatic heterocycles. The molecule has 0 amide bonds. The molecule has 0 fully saturated rings. The van der Waals surface area contributed by atoms with Crippen molar-refractivity contribution in [1.82, 2.24) is 22.8 Å². The van der Waals surface area contributed by atoms with E-state index in [2.05, 4.69) is 334 Å². The maximum absolute atomic E-state index is 15.8. The van der Waals surface area contributed by atoms with Crippen molar-refractivity contribution in [3.05, 3.63) is 428 Å². The van der Waals surface area contributed by atoms with E-state index in [1.807, 2.05) is 160 Å². The summed E-state index contributed by atoms with van der Waals surface area (Å²) in [7, 11) is 10.1. The fourth-order valence-electron chi connectivity index (χ4n) is 20.2. The Labute approximate surface area is 833 Å². The first kappa shape index (κ1) is 102. The quantitative estimate of drug-likeness (QED) is 0.0607. The van der Waals surface area contributed by atoms with Crippen molar-refractivity contribution in [2.75, 3.05) is 0 Å². The highest BCUT2D eigenvalue weighted by molar-refractivity contribution is 5.87. The van der Waals surface area contributed by atoms with Crippen molar-refractivity contribution >= 4 is 0 Å². The Kier molecular flexibility index (Phi) is 31.6. The normalized spacial score (nSPS) is 11.3. The summed E-state index contributed by atoms with van der Waals surface area (Å²) in [5.41, 5.74) is 40.3. The third kappa shape index (κ3) is 21.7. The number of rotatable bonds is 18. The van der Waals surface area contributed by atoms with Gasteiger partial charge in [-0.2, -0.15) is 44.8 Å². The lowest BCUT2D eigenvalue weighted by Gasteiger charge is -2.24. The predicted molar refractivity (Wildman–Crippen MR) is 570 cm³/mol. The van der Waals surface area contributed by atoms with E-state index < -0.39 is 0 Å². The standard InChI is InChI=1S/C30H26FN2.C30H34FN2.C24H30FN2.2C21H24FN2/c1-21-17-18-27(32(3)20-21)29-22(2)19-28(31)33(29)30-25(23-11-6-4-7-12-23)15-10-16-26(30)24-13-8-5-9-14-24;1-19(2)25-16-24(23-11-9-8-10-12-23)17-26(20(3)4)30(25)33-28(31)15-22(6)29(33)27-14-13-21(5)18-32(27)7;1-15(2)19-9-8-10-20(16(3)4)24(19)27-22(25)13-18(6)23(27)21-12-11-17(5)14-26(21)7;1-13-7-8-18(23(6)12-13)21-17(5)11-19(22)24(21)20-15(3)9-14(2)10-16(20)4;1-14(2)17-8-6-7-9-18(17)24-20(22)12-16(4)21(24)19-11-10-15(3)13-23(19)5/h4-20H,1-3H3;8-20H,1-7H3;8-16H,1-7H3;7-12H,1-6H3;6-14H,1-5H3/q5*+1. The summed E-state index contributed by atoms with van der Waals surface area (Å²) in [6, 6.07) is 89.1. The van der Waals surface area contributed by atoms with Crippen molar-refractivity contribution in [1.29, 1.82) is 0 Å². The zero-order valence-corrected chi connectivity index (χ0v) is 87.5. The molecule has 0 aliphatic carbocycles. The molecule has 0 aliphatic heterocycles. The van der Waals surface area contributed by atoms with Gasteiger partial charge in [-0.05, 0) is 287 Å². The van der Waals surface area contributed by atoms with Crippen molar-refractivity contribution < 1.29 is 44.8 Å². The SMILES string of the molecule is Cc1cc(C)c(-n2c(F)cc(C)c2-c2ccc(C)c[n+]2C)c(C)c1.Cc1ccc(-c2c(C)cc(F)n2-c2c(-c3ccccc3)cccc2-c2ccccc2)[n+](C)c1.Cc1ccc(-c2c(C)cc(F)n2-c2c(C(C)C)cc(-c3ccccc3)cc2C(C)C)[n+](C)c1.Cc1ccc(-c2c(C)cc(F)n2-c2c(C(C)C)cccc2C(C)C)[n+](C)c1.Cc1ccc(-c2c(C)cc(F)n2-c2ccccc2C(C)C)[n+](C)c1. The molecule has 0 N–H and O–H groups in total. The number of hydrogen-bond donors (Lipinski definition) is 0. The minimum Gasteiger partial charge on any atom is -0.280 e. The van der Waals surface area contributed by atoms with E-state index in [4.69, 9.17) is 0 Å². The van der Waals surface area contributed by atoms with Crippen LogP contribution in [0.3, 0.4) is 0 Å². The van der Waals surface area contributed by atoms with Crippen molar-refractivity contribution in [3.63, 3.8) is 0 Å². The fraction of sp³-hybridized carbons (Fsp3) is 0.262. The average Bonchev–Trinajstić information content (AvgIpc) is 1.62. The summed E-state index contributed by atoms with van der Waals surface area (Å²) in [6.07, 6.45) is 10.4. The molecule has 0 saturated carbocycles. The summed E-state index contributed by atoms with van der Waals surface area (Å²) in [4.78, 5) is 0. The van der Waals surface area contributed by atoms with Gasteiger partial charge in [0.25, 0.3) is 0 Å². The van der Waals surface area contributed by atoms with Gasteiger partial charge in [-0.15, -0.1) is 0 Å². The second kappa shape index (κ2) is 43.5. The molecule has 10 nitrogen and oxygen atoms in total. The highest BCUT2D eigenvalue weighted by Crippen LogP contribution is 2.45. The lowest BCUT2D eigenvalue weighted by Crippen LogP contribution is -2.32. The maximum Gasteiger partial charge on any atom is 0.229 e. The molecule has 0 aliphatic rings. The third-order valence-corrected chi connectivity index (χ3v) is 26.7. The van der Waals surface area contributed by atoms with Gasteiger partial charge in [0, 0.05) is 69.3 Å². The molecule has 141 heavy (non-hydrogen) atoms. The number of pyridine rings is 5. The van der Waals surface area contributed by atoms with E-state index in [1.165, 1.54) is 50.1 Å². The number of halogens is 5. The molecule has 722 valence electrons. The van der Waals surface area contributed by atoms with E-state index in [9.17, 15) is 8.78 Å². The van der Waals surface area contributed by atoms with Crippen LogP contribution in [0.25, 0.3) is 119 Å². The summed E-state index contributed by atoms with van der Waals surface area (Å²) in [5, 5.41) is 0. The molecule has 8 aromatic carbocycles. The maximum atomic E-state index is 15.8. The Bertz CT molecular complexity index is 7460. The van der Waals surface area contributed by atoms with Crippen LogP contribution in [0, 0.1) is 120 Å². The Morgan fingerprint density at radius 2 is 0.447 bits per heavy atom. The molecule has 18 aromatic rings. The minimum atomic E-state index is -0.274. The largest absolute Gasteiger partial charge is 0.280 e. The molecule has 15 heteroatoms. The molecule has 10 heterocycles. The second-order valence-corrected chi connectivity index (χ2v) is 39.9. The minimum absolute atomic E-state index is 0.210. The highest BCUT2D eigenvalue weighted by atomic mass is 19.1. The Balaban J connectivity index is 0.000000141. The Morgan fingerprint density at radius 3 is 0.752 bits per heavy atom. The van der Waals surface area contributed by atoms with Gasteiger partial charge in [0.1, 0.15) is 63.7 Å². The number of aromatic nitrogens is 10. The zero-order valence-electron chi connectivity index (χ0n) is 87.5. The molecule has 18 rings (SSSR count). The van der Waals surface area contributed by atoms with E-state index >= 15 is 13.2 Å². The molecule has 0 saturated heterocycles. The smallest absolute Gasteiger partial charge is 0.229 e. The van der Waals surface area contributed by atoms with Crippen LogP contribution in [0.2, 0.25) is 0 Å². The molecular formula is C126H138F5N10+5. The highest BCUT2D eigenvalue weighted by Gasteiger charge is 2.34. The van der Waals surface area contributed by atoms with Crippen LogP contribution in [-0.4, -0.2) is 22.8 Å². The number of hydrogen-bond acceptors (Lipinski definition) is 0. The van der Waals surface area contributed by atoms with Crippen LogP contribution < -0.4 is 22.8 Å². The van der Waals surface area contributed by atoms with Crippen molar-refractivity contribution in [3.8, 4) is 119 Å². The first-order valence-corrected chi connectivity index (χ1v) is 49.2. The van der Waals surface area contributed by atoms with Gasteiger partial charge in [-0.3, -0.25) is 22.8 Å². The molecule has 0 bridgehead atoms. The number of para-hydroxylation sites is 3. The number of nitrogens with zero attached hydrogens (tertiary/aromatic N) is 10. The fourth-order valence-corrected chi connectivity index (χ4v) is 20.2. The predicted octanol–water partition coefficient (Wildman–Crippen LogP) is 30.2. The summed E-state index contributed by atoms with van der Waals surface area (Å²) < 4.78 is 95.9. The Hall–Kier alpha value is -14.4. The van der Waals surface area contributed by atoms with Crippen LogP contribution >= 0.6 is 0 Å². The average molecular weight is 1890 g/mol. The molecular weight excluding hydrogens is 1750 g/mol. The van der Waals surface area contributed by atoms with E-state index in [0.29, 0.717) is 17.8 Å². The molecule has 0 radical (unpaired) electrons. The first-order valence-electron chi connectivity index (χ1n) is 49.2. The topological polar surface area (TPSA) is 44.0 Å². The van der Waals surface area contributed by atoms with Gasteiger partial charge in [0.05, 0.1) is 28.4 Å². The molecule has 0 spiro atoms. The van der Waals surface area contributed by atoms with Gasteiger partial charge in [0.2, 0.25) is 28.5 Å².